The number of halogens is 3. The molecule has 2 saturated heterocycles. The van der Waals surface area contributed by atoms with Crippen molar-refractivity contribution in [2.45, 2.75) is 56.5 Å². The van der Waals surface area contributed by atoms with E-state index < -0.39 is 70.5 Å². The van der Waals surface area contributed by atoms with E-state index in [4.69, 9.17) is 9.47 Å². The first kappa shape index (κ1) is 32.9. The monoisotopic (exact) mass is 659 g/mol. The third-order valence-electron chi connectivity index (χ3n) is 7.38. The third-order valence-corrected chi connectivity index (χ3v) is 9.00. The number of nitrogens with zero attached hydrogens (tertiary/aromatic N) is 2. The summed E-state index contributed by atoms with van der Waals surface area (Å²) in [6.45, 7) is 3.26. The van der Waals surface area contributed by atoms with Crippen LogP contribution in [0.15, 0.2) is 83.6 Å². The molecular formula is C32H32F3N3O7S. The van der Waals surface area contributed by atoms with Crippen molar-refractivity contribution in [3.63, 3.8) is 0 Å². The van der Waals surface area contributed by atoms with Gasteiger partial charge >= 0.3 is 18.2 Å². The summed E-state index contributed by atoms with van der Waals surface area (Å²) < 4.78 is 63.9. The van der Waals surface area contributed by atoms with Gasteiger partial charge in [-0.05, 0) is 50.0 Å². The minimum Gasteiger partial charge on any atom is -0.448 e. The molecule has 0 aliphatic carbocycles. The van der Waals surface area contributed by atoms with Crippen LogP contribution in [0.5, 0.6) is 0 Å². The Morgan fingerprint density at radius 2 is 1.61 bits per heavy atom. The highest BCUT2D eigenvalue weighted by Gasteiger charge is 2.58. The van der Waals surface area contributed by atoms with Gasteiger partial charge in [0.15, 0.2) is 6.10 Å². The topological polar surface area (TPSA) is 122 Å². The van der Waals surface area contributed by atoms with Crippen molar-refractivity contribution in [2.75, 3.05) is 18.8 Å². The van der Waals surface area contributed by atoms with Crippen molar-refractivity contribution < 1.29 is 46.0 Å². The first-order chi connectivity index (χ1) is 21.6. The van der Waals surface area contributed by atoms with E-state index in [0.717, 1.165) is 4.90 Å². The second kappa shape index (κ2) is 12.7. The normalized spacial score (nSPS) is 22.6. The average Bonchev–Trinajstić information content (AvgIpc) is 3.31. The van der Waals surface area contributed by atoms with Crippen molar-refractivity contribution in [1.29, 1.82) is 0 Å². The summed E-state index contributed by atoms with van der Waals surface area (Å²) in [5, 5.41) is 1.27. The molecule has 2 fully saturated rings. The molecule has 0 bridgehead atoms. The summed E-state index contributed by atoms with van der Waals surface area (Å²) in [6, 6.07) is 16.4. The van der Waals surface area contributed by atoms with Gasteiger partial charge in [0.1, 0.15) is 29.3 Å². The van der Waals surface area contributed by atoms with Crippen LogP contribution in [-0.2, 0) is 34.7 Å². The van der Waals surface area contributed by atoms with Gasteiger partial charge in [0.2, 0.25) is 5.91 Å². The lowest BCUT2D eigenvalue weighted by Crippen LogP contribution is -2.73. The number of benzene rings is 2. The second-order valence-corrected chi connectivity index (χ2v) is 13.5. The highest BCUT2D eigenvalue weighted by molar-refractivity contribution is 7.86. The second-order valence-electron chi connectivity index (χ2n) is 12.0. The van der Waals surface area contributed by atoms with E-state index in [-0.39, 0.29) is 35.6 Å². The van der Waals surface area contributed by atoms with E-state index in [0.29, 0.717) is 16.0 Å². The van der Waals surface area contributed by atoms with Gasteiger partial charge < -0.3 is 19.7 Å². The first-order valence-corrected chi connectivity index (χ1v) is 15.8. The molecule has 3 aliphatic rings. The van der Waals surface area contributed by atoms with E-state index in [2.05, 4.69) is 5.32 Å². The van der Waals surface area contributed by atoms with E-state index in [1.54, 1.807) is 81.4 Å². The van der Waals surface area contributed by atoms with Gasteiger partial charge in [-0.3, -0.25) is 18.7 Å². The number of rotatable bonds is 7. The molecule has 2 aromatic rings. The smallest absolute Gasteiger partial charge is 0.408 e. The first-order valence-electron chi connectivity index (χ1n) is 14.4. The van der Waals surface area contributed by atoms with Gasteiger partial charge in [-0.2, -0.15) is 13.2 Å². The largest absolute Gasteiger partial charge is 0.448 e. The van der Waals surface area contributed by atoms with Crippen LogP contribution in [0, 0.1) is 0 Å². The number of fused-ring (bicyclic) bond motifs is 1. The molecule has 0 saturated carbocycles. The number of carbonyl (C=O) groups excluding carboxylic acids is 4. The number of carbonyl (C=O) groups is 4. The van der Waals surface area contributed by atoms with Crippen LogP contribution in [0.1, 0.15) is 44.4 Å². The molecule has 2 aromatic carbocycles. The number of allylic oxidation sites excluding steroid dienone is 1. The molecule has 1 unspecified atom stereocenters. The average molecular weight is 660 g/mol. The van der Waals surface area contributed by atoms with Gasteiger partial charge in [-0.25, -0.2) is 9.59 Å². The van der Waals surface area contributed by atoms with E-state index in [9.17, 15) is 36.6 Å². The number of β-lactam (4-membered cyclic amide) rings is 1. The highest BCUT2D eigenvalue weighted by Crippen LogP contribution is 2.38. The van der Waals surface area contributed by atoms with Gasteiger partial charge in [0, 0.05) is 12.1 Å². The molecule has 46 heavy (non-hydrogen) atoms. The van der Waals surface area contributed by atoms with Crippen LogP contribution >= 0.6 is 0 Å². The minimum atomic E-state index is -4.61. The summed E-state index contributed by atoms with van der Waals surface area (Å²) in [7, 11) is -1.89. The SMILES string of the molecule is CC(C)(C)OC(=O)N[C@@H]1C(=O)N2C(C(=O)OC(c3ccccc3)c3ccccc3)=C(/C=C3\CCN(CC(F)(F)F)C3=O)CS(=O)[C@H]12. The molecule has 14 heteroatoms. The fraction of sp³-hybridized carbons (Fsp3) is 0.375. The van der Waals surface area contributed by atoms with Crippen LogP contribution in [0.25, 0.3) is 0 Å². The number of esters is 1. The minimum absolute atomic E-state index is 0.000679. The highest BCUT2D eigenvalue weighted by atomic mass is 32.2. The summed E-state index contributed by atoms with van der Waals surface area (Å²) in [5.74, 6) is -2.95. The number of alkyl carbamates (subject to hydrolysis) is 1. The molecule has 3 atom stereocenters. The molecular weight excluding hydrogens is 627 g/mol. The number of likely N-dealkylation sites (tertiary alicyclic amines) is 1. The standard InChI is InChI=1S/C32H32F3N3O7S/c1-31(2,3)45-30(42)36-23-27(40)38-24(29(41)44-25(19-10-6-4-7-11-19)20-12-8-5-9-13-20)22(17-46(43)28(23)38)16-21-14-15-37(26(21)39)18-32(33,34)35/h4-13,16,23,25,28H,14-15,17-18H2,1-3H3,(H,36,42)/b21-16+/t23-,28-,46?/m1/s1. The molecule has 1 N–H and O–H groups in total. The Balaban J connectivity index is 1.52. The fourth-order valence-corrected chi connectivity index (χ4v) is 7.09. The van der Waals surface area contributed by atoms with Crippen molar-refractivity contribution in [3.05, 3.63) is 94.7 Å². The Bertz CT molecular complexity index is 1580. The maximum atomic E-state index is 14.1. The van der Waals surface area contributed by atoms with E-state index in [1.807, 2.05) is 0 Å². The van der Waals surface area contributed by atoms with Crippen molar-refractivity contribution in [1.82, 2.24) is 15.1 Å². The Labute approximate surface area is 265 Å². The van der Waals surface area contributed by atoms with Crippen molar-refractivity contribution >= 4 is 34.7 Å². The predicted molar refractivity (Wildman–Crippen MR) is 160 cm³/mol. The molecule has 3 heterocycles. The number of hydrogen-bond acceptors (Lipinski definition) is 7. The summed E-state index contributed by atoms with van der Waals surface area (Å²) in [4.78, 5) is 54.5. The quantitative estimate of drug-likeness (QED) is 0.270. The van der Waals surface area contributed by atoms with E-state index in [1.165, 1.54) is 6.08 Å². The molecule has 0 radical (unpaired) electrons. The zero-order valence-corrected chi connectivity index (χ0v) is 26.0. The van der Waals surface area contributed by atoms with Gasteiger partial charge in [-0.15, -0.1) is 0 Å². The van der Waals surface area contributed by atoms with Crippen LogP contribution in [0.2, 0.25) is 0 Å². The number of alkyl halides is 3. The van der Waals surface area contributed by atoms with Crippen LogP contribution < -0.4 is 5.32 Å². The Kier molecular flexibility index (Phi) is 9.12. The molecule has 244 valence electrons. The number of ether oxygens (including phenoxy) is 2. The Morgan fingerprint density at radius 3 is 2.15 bits per heavy atom. The van der Waals surface area contributed by atoms with Crippen LogP contribution in [0.4, 0.5) is 18.0 Å². The molecule has 3 aliphatic heterocycles. The number of nitrogens with one attached hydrogen (secondary N) is 1. The number of amides is 3. The zero-order chi connectivity index (χ0) is 33.4. The van der Waals surface area contributed by atoms with Gasteiger partial charge in [0.25, 0.3) is 5.91 Å². The zero-order valence-electron chi connectivity index (χ0n) is 25.2. The summed E-state index contributed by atoms with van der Waals surface area (Å²) in [6.07, 6.45) is -5.28. The lowest BCUT2D eigenvalue weighted by Gasteiger charge is -2.49. The van der Waals surface area contributed by atoms with Crippen LogP contribution in [0.3, 0.4) is 0 Å². The lowest BCUT2D eigenvalue weighted by molar-refractivity contribution is -0.156. The maximum absolute atomic E-state index is 14.1. The predicted octanol–water partition coefficient (Wildman–Crippen LogP) is 4.12. The molecule has 5 rings (SSSR count). The molecule has 10 nitrogen and oxygen atoms in total. The summed E-state index contributed by atoms with van der Waals surface area (Å²) >= 11 is 0. The molecule has 0 spiro atoms. The Morgan fingerprint density at radius 1 is 1.02 bits per heavy atom. The van der Waals surface area contributed by atoms with E-state index >= 15 is 0 Å². The third kappa shape index (κ3) is 7.16. The lowest BCUT2D eigenvalue weighted by atomic mass is 10.00. The number of hydrogen-bond donors (Lipinski definition) is 1. The van der Waals surface area contributed by atoms with Gasteiger partial charge in [-0.1, -0.05) is 60.7 Å². The summed E-state index contributed by atoms with van der Waals surface area (Å²) in [5.41, 5.74) is 0.0233. The molecule has 0 aromatic heterocycles. The van der Waals surface area contributed by atoms with Crippen molar-refractivity contribution in [2.24, 2.45) is 0 Å². The maximum Gasteiger partial charge on any atom is 0.408 e. The van der Waals surface area contributed by atoms with Gasteiger partial charge in [0.05, 0.1) is 16.6 Å². The van der Waals surface area contributed by atoms with Crippen molar-refractivity contribution in [3.8, 4) is 0 Å². The molecule has 3 amide bonds. The fourth-order valence-electron chi connectivity index (χ4n) is 5.47. The van der Waals surface area contributed by atoms with Crippen LogP contribution in [-0.4, -0.2) is 79.9 Å². The Hall–Kier alpha value is -4.46.